The predicted octanol–water partition coefficient (Wildman–Crippen LogP) is 0.329. The largest absolute Gasteiger partial charge is 0.342 e. The average molecular weight is 423 g/mol. The van der Waals surface area contributed by atoms with Gasteiger partial charge in [-0.1, -0.05) is 6.07 Å². The maximum absolute atomic E-state index is 13.1. The summed E-state index contributed by atoms with van der Waals surface area (Å²) in [6.45, 7) is 4.88. The second-order valence-corrected chi connectivity index (χ2v) is 10.5. The van der Waals surface area contributed by atoms with E-state index in [-0.39, 0.29) is 36.3 Å². The highest BCUT2D eigenvalue weighted by atomic mass is 32.2. The van der Waals surface area contributed by atoms with Crippen molar-refractivity contribution in [2.75, 3.05) is 39.0 Å². The van der Waals surface area contributed by atoms with Crippen molar-refractivity contribution in [3.8, 4) is 0 Å². The van der Waals surface area contributed by atoms with E-state index in [1.165, 1.54) is 12.8 Å². The molecular formula is C20H30N4O4S. The van der Waals surface area contributed by atoms with E-state index in [2.05, 4.69) is 15.7 Å². The highest BCUT2D eigenvalue weighted by Crippen LogP contribution is 2.35. The van der Waals surface area contributed by atoms with Gasteiger partial charge in [0.1, 0.15) is 0 Å². The minimum atomic E-state index is -3.29. The van der Waals surface area contributed by atoms with E-state index in [1.807, 2.05) is 15.5 Å². The Balaban J connectivity index is 1.45. The van der Waals surface area contributed by atoms with Crippen molar-refractivity contribution < 1.29 is 13.2 Å². The van der Waals surface area contributed by atoms with Crippen molar-refractivity contribution in [3.05, 3.63) is 33.7 Å². The van der Waals surface area contributed by atoms with Gasteiger partial charge in [-0.2, -0.15) is 0 Å². The summed E-state index contributed by atoms with van der Waals surface area (Å²) in [5.74, 6) is 0.410. The van der Waals surface area contributed by atoms with Crippen molar-refractivity contribution in [1.82, 2.24) is 19.1 Å². The molecule has 3 aliphatic rings. The summed E-state index contributed by atoms with van der Waals surface area (Å²) < 4.78 is 26.7. The maximum Gasteiger partial charge on any atom is 0.255 e. The molecule has 160 valence electrons. The van der Waals surface area contributed by atoms with Gasteiger partial charge in [0.05, 0.1) is 6.26 Å². The van der Waals surface area contributed by atoms with E-state index < -0.39 is 10.0 Å². The van der Waals surface area contributed by atoms with E-state index in [1.54, 1.807) is 0 Å². The molecule has 8 nitrogen and oxygen atoms in total. The molecule has 0 radical (unpaired) electrons. The van der Waals surface area contributed by atoms with Crippen molar-refractivity contribution >= 4 is 15.9 Å². The lowest BCUT2D eigenvalue weighted by atomic mass is 9.83. The number of fused-ring (bicyclic) bond motifs is 4. The van der Waals surface area contributed by atoms with Crippen LogP contribution in [0.25, 0.3) is 0 Å². The summed E-state index contributed by atoms with van der Waals surface area (Å²) in [6, 6.07) is 4.05. The van der Waals surface area contributed by atoms with Gasteiger partial charge in [0.15, 0.2) is 0 Å². The summed E-state index contributed by atoms with van der Waals surface area (Å²) >= 11 is 0. The van der Waals surface area contributed by atoms with Gasteiger partial charge in [0, 0.05) is 56.3 Å². The first-order valence-corrected chi connectivity index (χ1v) is 12.4. The number of nitrogens with one attached hydrogen (secondary N) is 1. The van der Waals surface area contributed by atoms with Crippen LogP contribution in [-0.2, 0) is 27.9 Å². The molecule has 0 aliphatic carbocycles. The van der Waals surface area contributed by atoms with Crippen molar-refractivity contribution in [3.63, 3.8) is 0 Å². The van der Waals surface area contributed by atoms with Gasteiger partial charge in [0.25, 0.3) is 5.56 Å². The predicted molar refractivity (Wildman–Crippen MR) is 110 cm³/mol. The molecule has 29 heavy (non-hydrogen) atoms. The molecule has 3 aliphatic heterocycles. The molecule has 2 bridgehead atoms. The fraction of sp³-hybridized carbons (Fsp3) is 0.700. The molecule has 9 heteroatoms. The molecule has 2 fully saturated rings. The number of amides is 1. The highest BCUT2D eigenvalue weighted by molar-refractivity contribution is 7.88. The summed E-state index contributed by atoms with van der Waals surface area (Å²) in [4.78, 5) is 29.8. The average Bonchev–Trinajstić information content (AvgIpc) is 3.16. The lowest BCUT2D eigenvalue weighted by molar-refractivity contribution is -0.133. The Morgan fingerprint density at radius 3 is 2.66 bits per heavy atom. The molecule has 1 aromatic rings. The zero-order chi connectivity index (χ0) is 20.6. The molecule has 2 atom stereocenters. The first-order chi connectivity index (χ1) is 13.8. The zero-order valence-corrected chi connectivity index (χ0v) is 17.8. The molecule has 0 saturated carbocycles. The fourth-order valence-corrected chi connectivity index (χ4v) is 5.47. The third kappa shape index (κ3) is 4.73. The minimum absolute atomic E-state index is 0.0303. The number of rotatable bonds is 6. The van der Waals surface area contributed by atoms with Crippen LogP contribution in [0.5, 0.6) is 0 Å². The van der Waals surface area contributed by atoms with Crippen molar-refractivity contribution in [2.45, 2.75) is 44.7 Å². The maximum atomic E-state index is 13.1. The molecule has 0 aromatic carbocycles. The van der Waals surface area contributed by atoms with Gasteiger partial charge in [-0.15, -0.1) is 0 Å². The van der Waals surface area contributed by atoms with Gasteiger partial charge >= 0.3 is 0 Å². The van der Waals surface area contributed by atoms with Gasteiger partial charge in [-0.3, -0.25) is 14.5 Å². The van der Waals surface area contributed by atoms with Crippen LogP contribution in [0.3, 0.4) is 0 Å². The number of likely N-dealkylation sites (tertiary alicyclic amines) is 2. The Hall–Kier alpha value is -1.71. The summed E-state index contributed by atoms with van der Waals surface area (Å²) in [7, 11) is -3.29. The molecule has 1 aromatic heterocycles. The molecule has 0 unspecified atom stereocenters. The van der Waals surface area contributed by atoms with Crippen LogP contribution in [0.2, 0.25) is 0 Å². The third-order valence-electron chi connectivity index (χ3n) is 6.33. The van der Waals surface area contributed by atoms with Gasteiger partial charge in [-0.05, 0) is 44.3 Å². The molecule has 0 spiro atoms. The van der Waals surface area contributed by atoms with Gasteiger partial charge in [-0.25, -0.2) is 13.1 Å². The summed E-state index contributed by atoms with van der Waals surface area (Å²) in [6.07, 6.45) is 4.67. The molecule has 4 heterocycles. The Labute approximate surface area is 171 Å². The molecule has 2 saturated heterocycles. The van der Waals surface area contributed by atoms with Crippen LogP contribution in [-0.4, -0.2) is 67.7 Å². The van der Waals surface area contributed by atoms with Gasteiger partial charge < -0.3 is 9.47 Å². The van der Waals surface area contributed by atoms with Crippen LogP contribution in [0, 0.1) is 5.92 Å². The Kier molecular flexibility index (Phi) is 5.81. The number of pyridine rings is 1. The molecule has 1 amide bonds. The van der Waals surface area contributed by atoms with Crippen LogP contribution in [0.4, 0.5) is 0 Å². The van der Waals surface area contributed by atoms with Crippen molar-refractivity contribution in [1.29, 1.82) is 0 Å². The van der Waals surface area contributed by atoms with E-state index in [4.69, 9.17) is 0 Å². The van der Waals surface area contributed by atoms with Crippen molar-refractivity contribution in [2.24, 2.45) is 5.92 Å². The second-order valence-electron chi connectivity index (χ2n) is 8.70. The minimum Gasteiger partial charge on any atom is -0.342 e. The molecule has 4 rings (SSSR count). The van der Waals surface area contributed by atoms with E-state index >= 15 is 0 Å². The number of hydrogen-bond acceptors (Lipinski definition) is 5. The summed E-state index contributed by atoms with van der Waals surface area (Å²) in [5.41, 5.74) is 2.03. The topological polar surface area (TPSA) is 91.7 Å². The SMILES string of the molecule is CS(=O)(=O)NCCC(=O)N1C[C@@H]2C[C@H](C1)c1ccc(CN3CCCC3)c(=O)n1C2. The summed E-state index contributed by atoms with van der Waals surface area (Å²) in [5, 5.41) is 0. The first-order valence-electron chi connectivity index (χ1n) is 10.5. The van der Waals surface area contributed by atoms with Crippen LogP contribution in [0.1, 0.15) is 42.9 Å². The van der Waals surface area contributed by atoms with E-state index in [0.717, 1.165) is 43.6 Å². The van der Waals surface area contributed by atoms with E-state index in [9.17, 15) is 18.0 Å². The number of hydrogen-bond donors (Lipinski definition) is 1. The normalized spacial score (nSPS) is 24.5. The van der Waals surface area contributed by atoms with Crippen LogP contribution < -0.4 is 10.3 Å². The standard InChI is InChI=1S/C20H30N4O4S/c1-29(27,28)21-7-6-19(25)23-11-15-10-17(14-23)18-5-4-16(20(26)24(18)12-15)13-22-8-2-3-9-22/h4-5,15,17,21H,2-3,6-14H2,1H3/t15-,17+/m0/s1. The molecular weight excluding hydrogens is 392 g/mol. The lowest BCUT2D eigenvalue weighted by Gasteiger charge is -2.43. The highest BCUT2D eigenvalue weighted by Gasteiger charge is 2.36. The van der Waals surface area contributed by atoms with Gasteiger partial charge in [0.2, 0.25) is 15.9 Å². The van der Waals surface area contributed by atoms with Crippen LogP contribution in [0.15, 0.2) is 16.9 Å². The van der Waals surface area contributed by atoms with Crippen LogP contribution >= 0.6 is 0 Å². The Morgan fingerprint density at radius 1 is 1.17 bits per heavy atom. The quantitative estimate of drug-likeness (QED) is 0.713. The fourth-order valence-electron chi connectivity index (χ4n) is 5.00. The smallest absolute Gasteiger partial charge is 0.255 e. The third-order valence-corrected chi connectivity index (χ3v) is 7.06. The number of carbonyl (C=O) groups excluding carboxylic acids is 1. The monoisotopic (exact) mass is 422 g/mol. The number of nitrogens with zero attached hydrogens (tertiary/aromatic N) is 3. The molecule has 1 N–H and O–H groups in total. The first kappa shape index (κ1) is 20.6. The number of carbonyl (C=O) groups is 1. The van der Waals surface area contributed by atoms with E-state index in [0.29, 0.717) is 19.6 Å². The zero-order valence-electron chi connectivity index (χ0n) is 17.0. The number of sulfonamides is 1. The Morgan fingerprint density at radius 2 is 1.93 bits per heavy atom. The number of piperidine rings is 1. The second kappa shape index (κ2) is 8.20. The number of aromatic nitrogens is 1. The Bertz CT molecular complexity index is 936. The lowest BCUT2D eigenvalue weighted by Crippen LogP contribution is -2.50.